The molecule has 1 aromatic rings. The monoisotopic (exact) mass is 292 g/mol. The summed E-state index contributed by atoms with van der Waals surface area (Å²) < 4.78 is 11.3. The highest BCUT2D eigenvalue weighted by molar-refractivity contribution is 5.99. The number of hydrogen-bond donors (Lipinski definition) is 2. The number of nitrogens with zero attached hydrogens (tertiary/aromatic N) is 1. The van der Waals surface area contributed by atoms with Crippen LogP contribution in [0.4, 0.5) is 0 Å². The fraction of sp³-hybridized carbons (Fsp3) is 0.562. The highest BCUT2D eigenvalue weighted by Gasteiger charge is 2.14. The third kappa shape index (κ3) is 4.36. The Bertz CT molecular complexity index is 480. The molecule has 0 atom stereocenters. The molecule has 0 unspecified atom stereocenters. The molecule has 0 heterocycles. The zero-order valence-electron chi connectivity index (χ0n) is 12.5. The molecule has 0 amide bonds. The lowest BCUT2D eigenvalue weighted by Gasteiger charge is -2.16. The molecular weight excluding hydrogens is 268 g/mol. The van der Waals surface area contributed by atoms with E-state index in [1.807, 2.05) is 12.1 Å². The Balaban J connectivity index is 2.00. The van der Waals surface area contributed by atoms with E-state index in [0.717, 1.165) is 18.4 Å². The van der Waals surface area contributed by atoms with Gasteiger partial charge in [0, 0.05) is 0 Å². The van der Waals surface area contributed by atoms with Gasteiger partial charge < -0.3 is 20.4 Å². The van der Waals surface area contributed by atoms with E-state index >= 15 is 0 Å². The Morgan fingerprint density at radius 2 is 2.00 bits per heavy atom. The Labute approximate surface area is 125 Å². The van der Waals surface area contributed by atoms with Crippen molar-refractivity contribution >= 4 is 5.84 Å². The zero-order valence-corrected chi connectivity index (χ0v) is 12.5. The van der Waals surface area contributed by atoms with Gasteiger partial charge in [0.1, 0.15) is 5.75 Å². The number of ether oxygens (including phenoxy) is 2. The number of rotatable bonds is 5. The van der Waals surface area contributed by atoms with Crippen molar-refractivity contribution in [2.45, 2.75) is 51.2 Å². The average Bonchev–Trinajstić information content (AvgIpc) is 2.80. The van der Waals surface area contributed by atoms with Crippen LogP contribution in [-0.4, -0.2) is 24.3 Å². The van der Waals surface area contributed by atoms with Gasteiger partial charge in [0.2, 0.25) is 0 Å². The van der Waals surface area contributed by atoms with Crippen molar-refractivity contribution in [1.29, 1.82) is 0 Å². The molecule has 0 aliphatic heterocycles. The third-order valence-corrected chi connectivity index (χ3v) is 3.94. The summed E-state index contributed by atoms with van der Waals surface area (Å²) in [6, 6.07) is 5.59. The van der Waals surface area contributed by atoms with Crippen LogP contribution >= 0.6 is 0 Å². The molecule has 5 nitrogen and oxygen atoms in total. The molecule has 0 aromatic heterocycles. The van der Waals surface area contributed by atoms with E-state index in [4.69, 9.17) is 20.4 Å². The zero-order chi connectivity index (χ0) is 15.1. The van der Waals surface area contributed by atoms with Crippen LogP contribution in [0.3, 0.4) is 0 Å². The van der Waals surface area contributed by atoms with E-state index in [1.54, 1.807) is 13.2 Å². The molecule has 1 aliphatic rings. The molecule has 1 saturated carbocycles. The Hall–Kier alpha value is -1.75. The van der Waals surface area contributed by atoms with Gasteiger partial charge in [-0.15, -0.1) is 0 Å². The van der Waals surface area contributed by atoms with Gasteiger partial charge in [-0.05, 0) is 30.5 Å². The standard InChI is InChI=1S/C16H24N2O3/c1-20-15-10-12(8-9-14(15)16(17)18-19)11-21-13-6-4-2-3-5-7-13/h8-10,13,19H,2-7,11H2,1H3,(H2,17,18). The Morgan fingerprint density at radius 3 is 2.62 bits per heavy atom. The minimum Gasteiger partial charge on any atom is -0.496 e. The second kappa shape index (κ2) is 7.88. The van der Waals surface area contributed by atoms with Crippen LogP contribution in [0.25, 0.3) is 0 Å². The normalized spacial score (nSPS) is 17.5. The maximum Gasteiger partial charge on any atom is 0.173 e. The SMILES string of the molecule is COc1cc(COC2CCCCCC2)ccc1/C(N)=N/O. The fourth-order valence-electron chi connectivity index (χ4n) is 2.71. The van der Waals surface area contributed by atoms with Crippen LogP contribution in [0, 0.1) is 0 Å². The maximum absolute atomic E-state index is 8.76. The van der Waals surface area contributed by atoms with Crippen LogP contribution in [0.1, 0.15) is 49.7 Å². The summed E-state index contributed by atoms with van der Waals surface area (Å²) in [5.74, 6) is 0.635. The summed E-state index contributed by atoms with van der Waals surface area (Å²) in [7, 11) is 1.57. The van der Waals surface area contributed by atoms with Gasteiger partial charge >= 0.3 is 0 Å². The molecule has 1 aliphatic carbocycles. The summed E-state index contributed by atoms with van der Waals surface area (Å²) in [5.41, 5.74) is 7.23. The van der Waals surface area contributed by atoms with E-state index in [-0.39, 0.29) is 5.84 Å². The number of amidine groups is 1. The summed E-state index contributed by atoms with van der Waals surface area (Å²) in [6.07, 6.45) is 7.83. The molecule has 21 heavy (non-hydrogen) atoms. The van der Waals surface area contributed by atoms with Crippen LogP contribution in [0.5, 0.6) is 5.75 Å². The molecule has 5 heteroatoms. The second-order valence-electron chi connectivity index (χ2n) is 5.44. The molecule has 116 valence electrons. The van der Waals surface area contributed by atoms with Gasteiger partial charge in [-0.25, -0.2) is 0 Å². The first kappa shape index (κ1) is 15.6. The van der Waals surface area contributed by atoms with Gasteiger partial charge in [-0.2, -0.15) is 0 Å². The lowest BCUT2D eigenvalue weighted by Crippen LogP contribution is -2.15. The number of hydrogen-bond acceptors (Lipinski definition) is 4. The molecule has 3 N–H and O–H groups in total. The minimum atomic E-state index is 0.0445. The Kier molecular flexibility index (Phi) is 5.87. The van der Waals surface area contributed by atoms with Crippen LogP contribution in [0.15, 0.2) is 23.4 Å². The van der Waals surface area contributed by atoms with Crippen LogP contribution < -0.4 is 10.5 Å². The maximum atomic E-state index is 8.76. The van der Waals surface area contributed by atoms with Crippen molar-refractivity contribution < 1.29 is 14.7 Å². The second-order valence-corrected chi connectivity index (χ2v) is 5.44. The highest BCUT2D eigenvalue weighted by atomic mass is 16.5. The minimum absolute atomic E-state index is 0.0445. The smallest absolute Gasteiger partial charge is 0.173 e. The number of oxime groups is 1. The van der Waals surface area contributed by atoms with Crippen molar-refractivity contribution in [2.24, 2.45) is 10.9 Å². The molecule has 1 aromatic carbocycles. The quantitative estimate of drug-likeness (QED) is 0.287. The summed E-state index contributed by atoms with van der Waals surface area (Å²) in [5, 5.41) is 11.8. The van der Waals surface area contributed by atoms with Crippen molar-refractivity contribution in [1.82, 2.24) is 0 Å². The third-order valence-electron chi connectivity index (χ3n) is 3.94. The van der Waals surface area contributed by atoms with Gasteiger partial charge in [0.25, 0.3) is 0 Å². The summed E-state index contributed by atoms with van der Waals surface area (Å²) >= 11 is 0. The first-order valence-electron chi connectivity index (χ1n) is 7.51. The average molecular weight is 292 g/mol. The highest BCUT2D eigenvalue weighted by Crippen LogP contribution is 2.23. The van der Waals surface area contributed by atoms with E-state index < -0.39 is 0 Å². The first-order valence-corrected chi connectivity index (χ1v) is 7.51. The van der Waals surface area contributed by atoms with Gasteiger partial charge in [0.05, 0.1) is 25.4 Å². The van der Waals surface area contributed by atoms with E-state index in [1.165, 1.54) is 25.7 Å². The van der Waals surface area contributed by atoms with E-state index in [9.17, 15) is 0 Å². The van der Waals surface area contributed by atoms with Gasteiger partial charge in [-0.3, -0.25) is 0 Å². The molecule has 0 radical (unpaired) electrons. The number of benzene rings is 1. The van der Waals surface area contributed by atoms with Crippen LogP contribution in [0.2, 0.25) is 0 Å². The predicted octanol–water partition coefficient (Wildman–Crippen LogP) is 3.03. The molecule has 0 saturated heterocycles. The van der Waals surface area contributed by atoms with E-state index in [0.29, 0.717) is 24.0 Å². The lowest BCUT2D eigenvalue weighted by atomic mass is 10.1. The van der Waals surface area contributed by atoms with Crippen molar-refractivity contribution in [3.05, 3.63) is 29.3 Å². The first-order chi connectivity index (χ1) is 10.2. The Morgan fingerprint density at radius 1 is 1.29 bits per heavy atom. The van der Waals surface area contributed by atoms with Crippen molar-refractivity contribution in [3.63, 3.8) is 0 Å². The van der Waals surface area contributed by atoms with E-state index in [2.05, 4.69) is 5.16 Å². The largest absolute Gasteiger partial charge is 0.496 e. The number of methoxy groups -OCH3 is 1. The predicted molar refractivity (Wildman–Crippen MR) is 81.8 cm³/mol. The number of nitrogens with two attached hydrogens (primary N) is 1. The molecule has 0 spiro atoms. The van der Waals surface area contributed by atoms with Crippen molar-refractivity contribution in [2.75, 3.05) is 7.11 Å². The molecule has 1 fully saturated rings. The summed E-state index contributed by atoms with van der Waals surface area (Å²) in [6.45, 7) is 0.567. The fourth-order valence-corrected chi connectivity index (χ4v) is 2.71. The lowest BCUT2D eigenvalue weighted by molar-refractivity contribution is 0.0309. The van der Waals surface area contributed by atoms with Crippen molar-refractivity contribution in [3.8, 4) is 5.75 Å². The summed E-state index contributed by atoms with van der Waals surface area (Å²) in [4.78, 5) is 0. The topological polar surface area (TPSA) is 77.1 Å². The van der Waals surface area contributed by atoms with Gasteiger partial charge in [0.15, 0.2) is 5.84 Å². The molecule has 2 rings (SSSR count). The molecular formula is C16H24N2O3. The molecule has 0 bridgehead atoms. The van der Waals surface area contributed by atoms with Crippen LogP contribution in [-0.2, 0) is 11.3 Å². The van der Waals surface area contributed by atoms with Gasteiger partial charge in [-0.1, -0.05) is 36.9 Å².